The molecule has 86 valence electrons. The predicted molar refractivity (Wildman–Crippen MR) is 63.1 cm³/mol. The monoisotopic (exact) mass is 228 g/mol. The van der Waals surface area contributed by atoms with Gasteiger partial charge in [-0.1, -0.05) is 6.92 Å². The van der Waals surface area contributed by atoms with Crippen LogP contribution in [0.4, 0.5) is 0 Å². The number of hydrogen-bond donors (Lipinski definition) is 1. The van der Waals surface area contributed by atoms with Gasteiger partial charge in [-0.3, -0.25) is 4.79 Å². The molecule has 1 aliphatic heterocycles. The van der Waals surface area contributed by atoms with Crippen LogP contribution in [0.2, 0.25) is 0 Å². The first kappa shape index (κ1) is 11.3. The van der Waals surface area contributed by atoms with Gasteiger partial charge in [-0.25, -0.2) is 0 Å². The zero-order valence-electron chi connectivity index (χ0n) is 9.32. The number of fused-ring (bicyclic) bond motifs is 2. The largest absolute Gasteiger partial charge is 0.481 e. The van der Waals surface area contributed by atoms with Crippen LogP contribution in [0.5, 0.6) is 0 Å². The summed E-state index contributed by atoms with van der Waals surface area (Å²) in [5.74, 6) is 5.09. The molecule has 1 saturated carbocycles. The number of carboxylic acid groups (broad SMARTS) is 1. The Kier molecular flexibility index (Phi) is 3.60. The average Bonchev–Trinajstić information content (AvgIpc) is 2.14. The number of aliphatic carboxylic acids is 1. The first-order valence-corrected chi connectivity index (χ1v) is 7.12. The van der Waals surface area contributed by atoms with Crippen LogP contribution >= 0.6 is 11.8 Å². The fourth-order valence-corrected chi connectivity index (χ4v) is 4.89. The molecule has 2 unspecified atom stereocenters. The summed E-state index contributed by atoms with van der Waals surface area (Å²) in [6.07, 6.45) is 3.94. The second-order valence-electron chi connectivity index (χ2n) is 5.23. The van der Waals surface area contributed by atoms with Gasteiger partial charge in [-0.05, 0) is 54.4 Å². The summed E-state index contributed by atoms with van der Waals surface area (Å²) in [5, 5.41) is 8.75. The Balaban J connectivity index is 1.95. The minimum absolute atomic E-state index is 0.372. The first-order valence-electron chi connectivity index (χ1n) is 5.96. The SMILES string of the molecule is CC1CC2CSCC(C1)C2CCC(=O)O. The van der Waals surface area contributed by atoms with Crippen molar-refractivity contribution in [2.24, 2.45) is 23.7 Å². The highest BCUT2D eigenvalue weighted by atomic mass is 32.2. The van der Waals surface area contributed by atoms with Crippen LogP contribution in [-0.4, -0.2) is 22.6 Å². The fourth-order valence-electron chi connectivity index (χ4n) is 3.38. The molecule has 0 amide bonds. The fraction of sp³-hybridized carbons (Fsp3) is 0.917. The van der Waals surface area contributed by atoms with E-state index in [0.29, 0.717) is 12.3 Å². The highest BCUT2D eigenvalue weighted by Crippen LogP contribution is 2.46. The Morgan fingerprint density at radius 2 is 1.93 bits per heavy atom. The van der Waals surface area contributed by atoms with Crippen molar-refractivity contribution in [2.75, 3.05) is 11.5 Å². The molecule has 1 heterocycles. The maximum Gasteiger partial charge on any atom is 0.303 e. The zero-order chi connectivity index (χ0) is 10.8. The third kappa shape index (κ3) is 2.68. The van der Waals surface area contributed by atoms with Crippen LogP contribution < -0.4 is 0 Å². The Bertz CT molecular complexity index is 228. The van der Waals surface area contributed by atoms with Crippen LogP contribution in [0, 0.1) is 23.7 Å². The predicted octanol–water partition coefficient (Wildman–Crippen LogP) is 2.88. The highest BCUT2D eigenvalue weighted by molar-refractivity contribution is 7.99. The molecule has 2 aliphatic rings. The van der Waals surface area contributed by atoms with Gasteiger partial charge in [0.1, 0.15) is 0 Å². The van der Waals surface area contributed by atoms with E-state index in [4.69, 9.17) is 5.11 Å². The molecule has 15 heavy (non-hydrogen) atoms. The number of carbonyl (C=O) groups is 1. The molecular weight excluding hydrogens is 208 g/mol. The lowest BCUT2D eigenvalue weighted by Gasteiger charge is -2.44. The lowest BCUT2D eigenvalue weighted by atomic mass is 9.67. The summed E-state index contributed by atoms with van der Waals surface area (Å²) in [7, 11) is 0. The van der Waals surface area contributed by atoms with Crippen molar-refractivity contribution in [2.45, 2.75) is 32.6 Å². The van der Waals surface area contributed by atoms with E-state index in [-0.39, 0.29) is 0 Å². The maximum atomic E-state index is 10.6. The molecule has 0 spiro atoms. The number of carboxylic acids is 1. The topological polar surface area (TPSA) is 37.3 Å². The van der Waals surface area contributed by atoms with E-state index in [1.54, 1.807) is 0 Å². The number of hydrogen-bond acceptors (Lipinski definition) is 2. The molecule has 0 aromatic carbocycles. The molecule has 0 radical (unpaired) electrons. The normalized spacial score (nSPS) is 40.1. The summed E-state index contributed by atoms with van der Waals surface area (Å²) in [4.78, 5) is 10.6. The lowest BCUT2D eigenvalue weighted by molar-refractivity contribution is -0.137. The van der Waals surface area contributed by atoms with Gasteiger partial charge in [-0.2, -0.15) is 11.8 Å². The van der Waals surface area contributed by atoms with E-state index in [9.17, 15) is 4.79 Å². The Morgan fingerprint density at radius 1 is 1.33 bits per heavy atom. The second-order valence-corrected chi connectivity index (χ2v) is 6.31. The zero-order valence-corrected chi connectivity index (χ0v) is 10.1. The van der Waals surface area contributed by atoms with Gasteiger partial charge in [-0.15, -0.1) is 0 Å². The second kappa shape index (κ2) is 4.77. The standard InChI is InChI=1S/C12H20O2S/c1-8-4-9-6-15-7-10(5-8)11(9)2-3-12(13)14/h8-11H,2-7H2,1H3,(H,13,14). The summed E-state index contributed by atoms with van der Waals surface area (Å²) in [6.45, 7) is 2.35. The molecule has 1 saturated heterocycles. The van der Waals surface area contributed by atoms with E-state index in [1.165, 1.54) is 24.3 Å². The van der Waals surface area contributed by atoms with Gasteiger partial charge in [0.25, 0.3) is 0 Å². The van der Waals surface area contributed by atoms with Crippen LogP contribution in [0.25, 0.3) is 0 Å². The molecule has 2 rings (SSSR count). The molecule has 1 N–H and O–H groups in total. The maximum absolute atomic E-state index is 10.6. The summed E-state index contributed by atoms with van der Waals surface area (Å²) in [6, 6.07) is 0. The smallest absolute Gasteiger partial charge is 0.303 e. The summed E-state index contributed by atoms with van der Waals surface area (Å²) in [5.41, 5.74) is 0. The van der Waals surface area contributed by atoms with Gasteiger partial charge >= 0.3 is 5.97 Å². The lowest BCUT2D eigenvalue weighted by Crippen LogP contribution is -2.38. The van der Waals surface area contributed by atoms with Crippen molar-refractivity contribution < 1.29 is 9.90 Å². The van der Waals surface area contributed by atoms with Crippen molar-refractivity contribution in [3.63, 3.8) is 0 Å². The van der Waals surface area contributed by atoms with Crippen LogP contribution in [0.15, 0.2) is 0 Å². The third-order valence-corrected chi connectivity index (χ3v) is 5.30. The van der Waals surface area contributed by atoms with E-state index >= 15 is 0 Å². The Labute approximate surface area is 95.8 Å². The quantitative estimate of drug-likeness (QED) is 0.807. The highest BCUT2D eigenvalue weighted by Gasteiger charge is 2.38. The molecule has 2 fully saturated rings. The molecule has 3 heteroatoms. The number of rotatable bonds is 3. The Hall–Kier alpha value is -0.180. The number of thioether (sulfide) groups is 1. The molecule has 1 aliphatic carbocycles. The minimum Gasteiger partial charge on any atom is -0.481 e. The van der Waals surface area contributed by atoms with E-state index in [2.05, 4.69) is 18.7 Å². The summed E-state index contributed by atoms with van der Waals surface area (Å²) >= 11 is 2.08. The Morgan fingerprint density at radius 3 is 2.47 bits per heavy atom. The molecule has 2 atom stereocenters. The van der Waals surface area contributed by atoms with Crippen LogP contribution in [0.3, 0.4) is 0 Å². The molecule has 0 aromatic heterocycles. The molecule has 2 bridgehead atoms. The van der Waals surface area contributed by atoms with Crippen molar-refractivity contribution >= 4 is 17.7 Å². The van der Waals surface area contributed by atoms with E-state index in [1.807, 2.05) is 0 Å². The van der Waals surface area contributed by atoms with Gasteiger partial charge in [0.2, 0.25) is 0 Å². The minimum atomic E-state index is -0.626. The molecule has 2 nitrogen and oxygen atoms in total. The third-order valence-electron chi connectivity index (χ3n) is 3.98. The van der Waals surface area contributed by atoms with E-state index < -0.39 is 5.97 Å². The van der Waals surface area contributed by atoms with Gasteiger partial charge in [0.15, 0.2) is 0 Å². The van der Waals surface area contributed by atoms with Crippen molar-refractivity contribution in [3.05, 3.63) is 0 Å². The molecular formula is C12H20O2S. The summed E-state index contributed by atoms with van der Waals surface area (Å²) < 4.78 is 0. The van der Waals surface area contributed by atoms with Crippen molar-refractivity contribution in [1.29, 1.82) is 0 Å². The van der Waals surface area contributed by atoms with Gasteiger partial charge < -0.3 is 5.11 Å². The van der Waals surface area contributed by atoms with Gasteiger partial charge in [0.05, 0.1) is 0 Å². The van der Waals surface area contributed by atoms with Crippen LogP contribution in [-0.2, 0) is 4.79 Å². The van der Waals surface area contributed by atoms with Crippen molar-refractivity contribution in [1.82, 2.24) is 0 Å². The van der Waals surface area contributed by atoms with E-state index in [0.717, 1.165) is 24.2 Å². The first-order chi connectivity index (χ1) is 7.16. The van der Waals surface area contributed by atoms with Crippen molar-refractivity contribution in [3.8, 4) is 0 Å². The average molecular weight is 228 g/mol. The van der Waals surface area contributed by atoms with Gasteiger partial charge in [0, 0.05) is 6.42 Å². The molecule has 0 aromatic rings. The van der Waals surface area contributed by atoms with Crippen LogP contribution in [0.1, 0.15) is 32.6 Å².